The number of sulfonamides is 1. The van der Waals surface area contributed by atoms with Gasteiger partial charge in [-0.1, -0.05) is 13.8 Å². The minimum Gasteiger partial charge on any atom is -0.454 e. The molecule has 2 aromatic rings. The molecule has 0 aliphatic carbocycles. The molecular weight excluding hydrogens is 444 g/mol. The number of hydrogen-bond acceptors (Lipinski definition) is 6. The molecule has 180 valence electrons. The van der Waals surface area contributed by atoms with E-state index in [1.165, 1.54) is 28.6 Å². The Morgan fingerprint density at radius 2 is 1.73 bits per heavy atom. The van der Waals surface area contributed by atoms with Crippen molar-refractivity contribution in [2.45, 2.75) is 45.6 Å². The van der Waals surface area contributed by atoms with Crippen molar-refractivity contribution in [3.8, 4) is 0 Å². The normalized spacial score (nSPS) is 15.1. The van der Waals surface area contributed by atoms with E-state index in [1.807, 2.05) is 19.9 Å². The number of hydrogen-bond donors (Lipinski definition) is 0. The van der Waals surface area contributed by atoms with E-state index >= 15 is 0 Å². The lowest BCUT2D eigenvalue weighted by Gasteiger charge is -2.26. The lowest BCUT2D eigenvalue weighted by Crippen LogP contribution is -2.40. The third-order valence-electron chi connectivity index (χ3n) is 5.84. The van der Waals surface area contributed by atoms with Crippen molar-refractivity contribution in [3.05, 3.63) is 52.8 Å². The molecule has 33 heavy (non-hydrogen) atoms. The number of carbonyl (C=O) groups excluding carboxylic acids is 2. The second kappa shape index (κ2) is 10.6. The van der Waals surface area contributed by atoms with Crippen LogP contribution >= 0.6 is 0 Å². The molecular formula is C24H32N2O6S. The van der Waals surface area contributed by atoms with Crippen molar-refractivity contribution in [2.75, 3.05) is 32.9 Å². The summed E-state index contributed by atoms with van der Waals surface area (Å²) in [4.78, 5) is 25.2. The van der Waals surface area contributed by atoms with Crippen LogP contribution in [0.2, 0.25) is 0 Å². The van der Waals surface area contributed by atoms with E-state index in [2.05, 4.69) is 18.4 Å². The molecule has 0 bridgehead atoms. The maximum atomic E-state index is 12.7. The number of carbonyl (C=O) groups is 2. The molecule has 0 unspecified atom stereocenters. The number of benzene rings is 1. The molecule has 1 fully saturated rings. The molecule has 3 rings (SSSR count). The van der Waals surface area contributed by atoms with Gasteiger partial charge in [0.1, 0.15) is 0 Å². The van der Waals surface area contributed by atoms with E-state index in [9.17, 15) is 18.0 Å². The molecule has 0 N–H and O–H groups in total. The molecule has 1 aliphatic rings. The standard InChI is InChI=1S/C24H32N2O6S/c1-17(2)9-10-26-18(3)15-22(19(26)4)23(27)16-32-24(28)20-5-7-21(8-6-20)33(29,30)25-11-13-31-14-12-25/h5-8,15,17H,9-14,16H2,1-4H3. The molecule has 9 heteroatoms. The topological polar surface area (TPSA) is 94.9 Å². The smallest absolute Gasteiger partial charge is 0.338 e. The summed E-state index contributed by atoms with van der Waals surface area (Å²) in [7, 11) is -3.64. The van der Waals surface area contributed by atoms with E-state index in [0.717, 1.165) is 24.4 Å². The fourth-order valence-electron chi connectivity index (χ4n) is 3.81. The Kier molecular flexibility index (Phi) is 8.10. The van der Waals surface area contributed by atoms with Gasteiger partial charge in [0.25, 0.3) is 0 Å². The Bertz CT molecular complexity index is 1100. The van der Waals surface area contributed by atoms with E-state index in [0.29, 0.717) is 37.8 Å². The number of ether oxygens (including phenoxy) is 2. The van der Waals surface area contributed by atoms with Crippen LogP contribution in [-0.4, -0.2) is 62.0 Å². The summed E-state index contributed by atoms with van der Waals surface area (Å²) in [6.07, 6.45) is 1.01. The Morgan fingerprint density at radius 3 is 2.33 bits per heavy atom. The van der Waals surface area contributed by atoms with Crippen molar-refractivity contribution in [2.24, 2.45) is 5.92 Å². The summed E-state index contributed by atoms with van der Waals surface area (Å²) in [6, 6.07) is 7.39. The number of ketones is 1. The van der Waals surface area contributed by atoms with Gasteiger partial charge in [0.2, 0.25) is 15.8 Å². The molecule has 0 atom stereocenters. The van der Waals surface area contributed by atoms with Crippen molar-refractivity contribution < 1.29 is 27.5 Å². The predicted molar refractivity (Wildman–Crippen MR) is 124 cm³/mol. The van der Waals surface area contributed by atoms with Crippen LogP contribution in [0.15, 0.2) is 35.2 Å². The van der Waals surface area contributed by atoms with Crippen molar-refractivity contribution in [3.63, 3.8) is 0 Å². The molecule has 8 nitrogen and oxygen atoms in total. The van der Waals surface area contributed by atoms with Crippen molar-refractivity contribution in [1.82, 2.24) is 8.87 Å². The Balaban J connectivity index is 1.62. The molecule has 1 saturated heterocycles. The lowest BCUT2D eigenvalue weighted by atomic mass is 10.1. The molecule has 0 amide bonds. The SMILES string of the molecule is Cc1cc(C(=O)COC(=O)c2ccc(S(=O)(=O)N3CCOCC3)cc2)c(C)n1CCC(C)C. The summed E-state index contributed by atoms with van der Waals surface area (Å²) >= 11 is 0. The zero-order valence-electron chi connectivity index (χ0n) is 19.7. The summed E-state index contributed by atoms with van der Waals surface area (Å²) in [6.45, 7) is 9.95. The average molecular weight is 477 g/mol. The number of aryl methyl sites for hydroxylation is 1. The zero-order valence-corrected chi connectivity index (χ0v) is 20.5. The summed E-state index contributed by atoms with van der Waals surface area (Å²) < 4.78 is 39.3. The predicted octanol–water partition coefficient (Wildman–Crippen LogP) is 3.21. The first kappa shape index (κ1) is 25.1. The largest absolute Gasteiger partial charge is 0.454 e. The van der Waals surface area contributed by atoms with Gasteiger partial charge in [-0.2, -0.15) is 4.31 Å². The van der Waals surface area contributed by atoms with Crippen LogP contribution in [0, 0.1) is 19.8 Å². The fraction of sp³-hybridized carbons (Fsp3) is 0.500. The highest BCUT2D eigenvalue weighted by Gasteiger charge is 2.26. The molecule has 0 saturated carbocycles. The Hall–Kier alpha value is -2.49. The number of esters is 1. The quantitative estimate of drug-likeness (QED) is 0.407. The van der Waals surface area contributed by atoms with Gasteiger partial charge in [0, 0.05) is 36.6 Å². The third kappa shape index (κ3) is 5.90. The van der Waals surface area contributed by atoms with Crippen LogP contribution in [0.25, 0.3) is 0 Å². The molecule has 1 aromatic carbocycles. The highest BCUT2D eigenvalue weighted by atomic mass is 32.2. The van der Waals surface area contributed by atoms with Gasteiger partial charge in [-0.15, -0.1) is 0 Å². The van der Waals surface area contributed by atoms with E-state index < -0.39 is 16.0 Å². The Morgan fingerprint density at radius 1 is 1.09 bits per heavy atom. The number of Topliss-reactive ketones (excluding diaryl/α,β-unsaturated/α-hetero) is 1. The highest BCUT2D eigenvalue weighted by molar-refractivity contribution is 7.89. The van der Waals surface area contributed by atoms with Gasteiger partial charge in [0.15, 0.2) is 6.61 Å². The molecule has 2 heterocycles. The van der Waals surface area contributed by atoms with Gasteiger partial charge < -0.3 is 14.0 Å². The molecule has 1 aliphatic heterocycles. The van der Waals surface area contributed by atoms with Crippen LogP contribution in [0.5, 0.6) is 0 Å². The number of morpholine rings is 1. The van der Waals surface area contributed by atoms with Gasteiger partial charge in [-0.05, 0) is 56.5 Å². The molecule has 0 spiro atoms. The third-order valence-corrected chi connectivity index (χ3v) is 7.75. The fourth-order valence-corrected chi connectivity index (χ4v) is 5.21. The first-order valence-corrected chi connectivity index (χ1v) is 12.6. The average Bonchev–Trinajstić information content (AvgIpc) is 3.09. The Labute approximate surface area is 195 Å². The summed E-state index contributed by atoms with van der Waals surface area (Å²) in [5.74, 6) is -0.382. The van der Waals surface area contributed by atoms with Crippen LogP contribution in [0.3, 0.4) is 0 Å². The van der Waals surface area contributed by atoms with Gasteiger partial charge in [0.05, 0.1) is 23.7 Å². The lowest BCUT2D eigenvalue weighted by molar-refractivity contribution is 0.0474. The number of aromatic nitrogens is 1. The zero-order chi connectivity index (χ0) is 24.2. The highest BCUT2D eigenvalue weighted by Crippen LogP contribution is 2.20. The van der Waals surface area contributed by atoms with Gasteiger partial charge in [-0.3, -0.25) is 4.79 Å². The van der Waals surface area contributed by atoms with Crippen LogP contribution in [0.1, 0.15) is 52.4 Å². The number of rotatable bonds is 9. The van der Waals surface area contributed by atoms with E-state index in [4.69, 9.17) is 9.47 Å². The van der Waals surface area contributed by atoms with Gasteiger partial charge in [-0.25, -0.2) is 13.2 Å². The van der Waals surface area contributed by atoms with E-state index in [1.54, 1.807) is 0 Å². The van der Waals surface area contributed by atoms with Crippen molar-refractivity contribution in [1.29, 1.82) is 0 Å². The van der Waals surface area contributed by atoms with Crippen molar-refractivity contribution >= 4 is 21.8 Å². The monoisotopic (exact) mass is 476 g/mol. The minimum atomic E-state index is -3.64. The van der Waals surface area contributed by atoms with E-state index in [-0.39, 0.29) is 22.8 Å². The summed E-state index contributed by atoms with van der Waals surface area (Å²) in [5, 5.41) is 0. The van der Waals surface area contributed by atoms with Gasteiger partial charge >= 0.3 is 5.97 Å². The van der Waals surface area contributed by atoms with Crippen LogP contribution in [0.4, 0.5) is 0 Å². The first-order chi connectivity index (χ1) is 15.6. The second-order valence-corrected chi connectivity index (χ2v) is 10.6. The number of nitrogens with zero attached hydrogens (tertiary/aromatic N) is 2. The second-order valence-electron chi connectivity index (χ2n) is 8.66. The van der Waals surface area contributed by atoms with Crippen LogP contribution < -0.4 is 0 Å². The molecule has 0 radical (unpaired) electrons. The first-order valence-electron chi connectivity index (χ1n) is 11.2. The maximum absolute atomic E-state index is 12.7. The van der Waals surface area contributed by atoms with Crippen LogP contribution in [-0.2, 0) is 26.0 Å². The summed E-state index contributed by atoms with van der Waals surface area (Å²) in [5.41, 5.74) is 2.61. The molecule has 1 aromatic heterocycles. The maximum Gasteiger partial charge on any atom is 0.338 e. The minimum absolute atomic E-state index is 0.103.